The van der Waals surface area contributed by atoms with Gasteiger partial charge in [-0.2, -0.15) is 0 Å². The highest BCUT2D eigenvalue weighted by atomic mass is 16.5. The third kappa shape index (κ3) is 5.22. The van der Waals surface area contributed by atoms with Crippen molar-refractivity contribution in [3.63, 3.8) is 0 Å². The first-order chi connectivity index (χ1) is 7.92. The molecule has 0 aromatic carbocycles. The predicted octanol–water partition coefficient (Wildman–Crippen LogP) is 2.69. The van der Waals surface area contributed by atoms with E-state index in [9.17, 15) is 0 Å². The van der Waals surface area contributed by atoms with E-state index in [0.717, 1.165) is 37.8 Å². The van der Waals surface area contributed by atoms with Gasteiger partial charge in [0.2, 0.25) is 5.95 Å². The molecule has 0 radical (unpaired) electrons. The molecule has 0 spiro atoms. The second kappa shape index (κ2) is 6.05. The van der Waals surface area contributed by atoms with Crippen molar-refractivity contribution in [1.82, 2.24) is 9.55 Å². The van der Waals surface area contributed by atoms with Crippen LogP contribution in [0.4, 0.5) is 5.95 Å². The molecule has 0 atom stereocenters. The maximum atomic E-state index is 5.03. The standard InChI is InChI=1S/C13H25N3O/c1-11-9-16(10-13(2,3)4)12(15-11)14-7-6-8-17-5/h9H,6-8,10H2,1-5H3,(H,14,15). The summed E-state index contributed by atoms with van der Waals surface area (Å²) in [4.78, 5) is 4.50. The molecule has 98 valence electrons. The minimum Gasteiger partial charge on any atom is -0.385 e. The summed E-state index contributed by atoms with van der Waals surface area (Å²) in [6.07, 6.45) is 3.10. The molecule has 0 aliphatic carbocycles. The Kier molecular flexibility index (Phi) is 5.00. The maximum Gasteiger partial charge on any atom is 0.203 e. The highest BCUT2D eigenvalue weighted by Crippen LogP contribution is 2.20. The van der Waals surface area contributed by atoms with Crippen LogP contribution in [-0.2, 0) is 11.3 Å². The fraction of sp³-hybridized carbons (Fsp3) is 0.769. The molecule has 1 N–H and O–H groups in total. The van der Waals surface area contributed by atoms with Crippen molar-refractivity contribution in [2.75, 3.05) is 25.6 Å². The topological polar surface area (TPSA) is 39.1 Å². The molecule has 0 aliphatic rings. The normalized spacial score (nSPS) is 11.8. The average Bonchev–Trinajstić information content (AvgIpc) is 2.51. The van der Waals surface area contributed by atoms with Gasteiger partial charge in [0.25, 0.3) is 0 Å². The number of ether oxygens (including phenoxy) is 1. The highest BCUT2D eigenvalue weighted by Gasteiger charge is 2.14. The van der Waals surface area contributed by atoms with E-state index in [0.29, 0.717) is 0 Å². The number of nitrogens with one attached hydrogen (secondary N) is 1. The Bertz CT molecular complexity index is 339. The number of methoxy groups -OCH3 is 1. The summed E-state index contributed by atoms with van der Waals surface area (Å²) in [6.45, 7) is 11.4. The van der Waals surface area contributed by atoms with Crippen LogP contribution in [0.5, 0.6) is 0 Å². The molecule has 17 heavy (non-hydrogen) atoms. The number of aromatic nitrogens is 2. The van der Waals surface area contributed by atoms with Crippen LogP contribution >= 0.6 is 0 Å². The summed E-state index contributed by atoms with van der Waals surface area (Å²) in [5.41, 5.74) is 1.32. The number of hydrogen-bond donors (Lipinski definition) is 1. The van der Waals surface area contributed by atoms with Crippen LogP contribution in [-0.4, -0.2) is 29.8 Å². The summed E-state index contributed by atoms with van der Waals surface area (Å²) in [7, 11) is 1.73. The molecule has 0 fully saturated rings. The minimum absolute atomic E-state index is 0.260. The Labute approximate surface area is 104 Å². The van der Waals surface area contributed by atoms with Crippen LogP contribution in [0, 0.1) is 12.3 Å². The quantitative estimate of drug-likeness (QED) is 0.776. The third-order valence-electron chi connectivity index (χ3n) is 2.35. The number of nitrogens with zero attached hydrogens (tertiary/aromatic N) is 2. The van der Waals surface area contributed by atoms with Gasteiger partial charge in [0.15, 0.2) is 0 Å². The number of aryl methyl sites for hydroxylation is 1. The molecule has 0 bridgehead atoms. The van der Waals surface area contributed by atoms with Crippen molar-refractivity contribution in [3.8, 4) is 0 Å². The van der Waals surface area contributed by atoms with Crippen molar-refractivity contribution < 1.29 is 4.74 Å². The molecule has 1 aromatic rings. The first-order valence-corrected chi connectivity index (χ1v) is 6.19. The molecular formula is C13H25N3O. The van der Waals surface area contributed by atoms with Gasteiger partial charge in [-0.1, -0.05) is 20.8 Å². The second-order valence-electron chi connectivity index (χ2n) is 5.67. The van der Waals surface area contributed by atoms with Crippen LogP contribution in [0.1, 0.15) is 32.9 Å². The summed E-state index contributed by atoms with van der Waals surface area (Å²) in [5, 5.41) is 3.36. The van der Waals surface area contributed by atoms with Crippen LogP contribution in [0.2, 0.25) is 0 Å². The van der Waals surface area contributed by atoms with E-state index in [1.54, 1.807) is 7.11 Å². The molecule has 0 unspecified atom stereocenters. The molecular weight excluding hydrogens is 214 g/mol. The molecule has 1 aromatic heterocycles. The SMILES string of the molecule is COCCCNc1nc(C)cn1CC(C)(C)C. The molecule has 4 heteroatoms. The number of imidazole rings is 1. The summed E-state index contributed by atoms with van der Waals surface area (Å²) >= 11 is 0. The van der Waals surface area contributed by atoms with Crippen molar-refractivity contribution in [1.29, 1.82) is 0 Å². The van der Waals surface area contributed by atoms with E-state index in [1.165, 1.54) is 0 Å². The monoisotopic (exact) mass is 239 g/mol. The van der Waals surface area contributed by atoms with E-state index < -0.39 is 0 Å². The smallest absolute Gasteiger partial charge is 0.203 e. The first-order valence-electron chi connectivity index (χ1n) is 6.19. The van der Waals surface area contributed by atoms with Gasteiger partial charge in [-0.15, -0.1) is 0 Å². The largest absolute Gasteiger partial charge is 0.385 e. The van der Waals surface area contributed by atoms with E-state index in [2.05, 4.69) is 41.8 Å². The maximum absolute atomic E-state index is 5.03. The van der Waals surface area contributed by atoms with Crippen LogP contribution < -0.4 is 5.32 Å². The summed E-state index contributed by atoms with van der Waals surface area (Å²) < 4.78 is 7.23. The predicted molar refractivity (Wildman–Crippen MR) is 71.4 cm³/mol. The molecule has 4 nitrogen and oxygen atoms in total. The number of hydrogen-bond acceptors (Lipinski definition) is 3. The molecule has 1 rings (SSSR count). The zero-order valence-corrected chi connectivity index (χ0v) is 11.7. The van der Waals surface area contributed by atoms with E-state index in [1.807, 2.05) is 6.92 Å². The Hall–Kier alpha value is -1.03. The minimum atomic E-state index is 0.260. The zero-order chi connectivity index (χ0) is 12.9. The van der Waals surface area contributed by atoms with Gasteiger partial charge in [-0.3, -0.25) is 0 Å². The zero-order valence-electron chi connectivity index (χ0n) is 11.7. The van der Waals surface area contributed by atoms with Crippen LogP contribution in [0.25, 0.3) is 0 Å². The lowest BCUT2D eigenvalue weighted by Gasteiger charge is -2.20. The van der Waals surface area contributed by atoms with Gasteiger partial charge >= 0.3 is 0 Å². The Morgan fingerprint density at radius 3 is 2.71 bits per heavy atom. The lowest BCUT2D eigenvalue weighted by Crippen LogP contribution is -2.18. The van der Waals surface area contributed by atoms with Gasteiger partial charge in [-0.05, 0) is 18.8 Å². The molecule has 0 saturated heterocycles. The van der Waals surface area contributed by atoms with Crippen molar-refractivity contribution >= 4 is 5.95 Å². The van der Waals surface area contributed by atoms with Gasteiger partial charge in [0.05, 0.1) is 5.69 Å². The fourth-order valence-corrected chi connectivity index (χ4v) is 1.74. The van der Waals surface area contributed by atoms with Crippen molar-refractivity contribution in [3.05, 3.63) is 11.9 Å². The van der Waals surface area contributed by atoms with Gasteiger partial charge in [0, 0.05) is 33.0 Å². The van der Waals surface area contributed by atoms with E-state index in [4.69, 9.17) is 4.74 Å². The Morgan fingerprint density at radius 1 is 1.41 bits per heavy atom. The first kappa shape index (κ1) is 14.0. The summed E-state index contributed by atoms with van der Waals surface area (Å²) in [6, 6.07) is 0. The summed E-state index contributed by atoms with van der Waals surface area (Å²) in [5.74, 6) is 0.966. The molecule has 0 amide bonds. The fourth-order valence-electron chi connectivity index (χ4n) is 1.74. The van der Waals surface area contributed by atoms with Gasteiger partial charge in [-0.25, -0.2) is 4.98 Å². The molecule has 0 aliphatic heterocycles. The van der Waals surface area contributed by atoms with Crippen molar-refractivity contribution in [2.45, 2.75) is 40.7 Å². The highest BCUT2D eigenvalue weighted by molar-refractivity contribution is 5.28. The van der Waals surface area contributed by atoms with Crippen molar-refractivity contribution in [2.24, 2.45) is 5.41 Å². The number of rotatable bonds is 6. The number of anilines is 1. The lowest BCUT2D eigenvalue weighted by molar-refractivity contribution is 0.197. The average molecular weight is 239 g/mol. The lowest BCUT2D eigenvalue weighted by atomic mass is 9.97. The van der Waals surface area contributed by atoms with Crippen LogP contribution in [0.15, 0.2) is 6.20 Å². The van der Waals surface area contributed by atoms with Gasteiger partial charge < -0.3 is 14.6 Å². The van der Waals surface area contributed by atoms with Gasteiger partial charge in [0.1, 0.15) is 0 Å². The molecule has 0 saturated carbocycles. The Balaban J connectivity index is 2.58. The second-order valence-corrected chi connectivity index (χ2v) is 5.67. The van der Waals surface area contributed by atoms with Crippen LogP contribution in [0.3, 0.4) is 0 Å². The van der Waals surface area contributed by atoms with E-state index >= 15 is 0 Å². The Morgan fingerprint density at radius 2 is 2.12 bits per heavy atom. The third-order valence-corrected chi connectivity index (χ3v) is 2.35. The van der Waals surface area contributed by atoms with E-state index in [-0.39, 0.29) is 5.41 Å². The molecule has 1 heterocycles.